The van der Waals surface area contributed by atoms with Crippen LogP contribution in [0.25, 0.3) is 0 Å². The molecular formula is C22H23ClF4N2O. The fourth-order valence-electron chi connectivity index (χ4n) is 3.10. The number of carbonyl (C=O) groups excluding carboxylic acids is 1. The van der Waals surface area contributed by atoms with Crippen molar-refractivity contribution in [2.75, 3.05) is 13.1 Å². The van der Waals surface area contributed by atoms with E-state index in [2.05, 4.69) is 23.8 Å². The van der Waals surface area contributed by atoms with Crippen LogP contribution >= 0.6 is 11.6 Å². The molecule has 0 saturated carbocycles. The molecule has 0 aromatic carbocycles. The summed E-state index contributed by atoms with van der Waals surface area (Å²) in [6.07, 6.45) is 2.72. The molecule has 0 atom stereocenters. The van der Waals surface area contributed by atoms with Gasteiger partial charge in [-0.1, -0.05) is 36.9 Å². The van der Waals surface area contributed by atoms with Crippen molar-refractivity contribution in [1.82, 2.24) is 10.6 Å². The van der Waals surface area contributed by atoms with Gasteiger partial charge in [0, 0.05) is 23.7 Å². The number of alkyl halides is 3. The molecular weight excluding hydrogens is 420 g/mol. The number of halogens is 5. The first-order valence-electron chi connectivity index (χ1n) is 9.35. The molecule has 0 aromatic rings. The Hall–Kier alpha value is -2.54. The first-order chi connectivity index (χ1) is 14.1. The Bertz CT molecular complexity index is 876. The summed E-state index contributed by atoms with van der Waals surface area (Å²) in [5, 5.41) is 6.19. The van der Waals surface area contributed by atoms with Gasteiger partial charge in [-0.25, -0.2) is 4.39 Å². The zero-order valence-electron chi connectivity index (χ0n) is 16.3. The quantitative estimate of drug-likeness (QED) is 0.357. The van der Waals surface area contributed by atoms with Crippen LogP contribution in [0.2, 0.25) is 0 Å². The van der Waals surface area contributed by atoms with Gasteiger partial charge in [-0.05, 0) is 54.6 Å². The zero-order chi connectivity index (χ0) is 22.3. The van der Waals surface area contributed by atoms with Gasteiger partial charge in [0.25, 0.3) is 0 Å². The van der Waals surface area contributed by atoms with Crippen molar-refractivity contribution in [2.45, 2.75) is 31.9 Å². The minimum Gasteiger partial charge on any atom is -0.372 e. The Morgan fingerprint density at radius 1 is 1.23 bits per heavy atom. The van der Waals surface area contributed by atoms with E-state index in [1.54, 1.807) is 12.2 Å². The molecule has 0 spiro atoms. The Labute approximate surface area is 178 Å². The molecule has 0 amide bonds. The van der Waals surface area contributed by atoms with E-state index in [4.69, 9.17) is 11.6 Å². The summed E-state index contributed by atoms with van der Waals surface area (Å²) in [5.41, 5.74) is -0.00929. The normalized spacial score (nSPS) is 17.2. The lowest BCUT2D eigenvalue weighted by Crippen LogP contribution is -2.29. The van der Waals surface area contributed by atoms with E-state index in [0.717, 1.165) is 6.08 Å². The third kappa shape index (κ3) is 6.49. The molecule has 2 aliphatic rings. The average molecular weight is 443 g/mol. The van der Waals surface area contributed by atoms with Crippen LogP contribution in [0, 0.1) is 0 Å². The van der Waals surface area contributed by atoms with Crippen molar-refractivity contribution in [1.29, 1.82) is 0 Å². The fourth-order valence-corrected chi connectivity index (χ4v) is 3.38. The number of carbonyl (C=O) groups is 1. The van der Waals surface area contributed by atoms with Crippen LogP contribution in [0.15, 0.2) is 82.0 Å². The summed E-state index contributed by atoms with van der Waals surface area (Å²) in [5.74, 6) is -0.0234. The average Bonchev–Trinajstić information content (AvgIpc) is 2.86. The molecule has 0 heterocycles. The lowest BCUT2D eigenvalue weighted by Gasteiger charge is -2.23. The molecule has 2 aliphatic carbocycles. The molecule has 8 heteroatoms. The van der Waals surface area contributed by atoms with E-state index in [1.807, 2.05) is 0 Å². The van der Waals surface area contributed by atoms with Gasteiger partial charge in [0.2, 0.25) is 0 Å². The van der Waals surface area contributed by atoms with Crippen LogP contribution in [-0.2, 0) is 4.79 Å². The predicted octanol–water partition coefficient (Wildman–Crippen LogP) is 5.67. The van der Waals surface area contributed by atoms with E-state index >= 15 is 0 Å². The summed E-state index contributed by atoms with van der Waals surface area (Å²) >= 11 is 6.08. The number of rotatable bonds is 9. The van der Waals surface area contributed by atoms with Crippen molar-refractivity contribution in [2.24, 2.45) is 0 Å². The lowest BCUT2D eigenvalue weighted by atomic mass is 9.88. The fraction of sp³-hybridized carbons (Fsp3) is 0.318. The summed E-state index contributed by atoms with van der Waals surface area (Å²) in [6, 6.07) is 0. The Morgan fingerprint density at radius 3 is 2.63 bits per heavy atom. The Balaban J connectivity index is 1.92. The van der Waals surface area contributed by atoms with E-state index in [0.29, 0.717) is 42.1 Å². The smallest absolute Gasteiger partial charge is 0.372 e. The topological polar surface area (TPSA) is 41.1 Å². The van der Waals surface area contributed by atoms with Crippen LogP contribution in [-0.4, -0.2) is 25.6 Å². The summed E-state index contributed by atoms with van der Waals surface area (Å²) in [4.78, 5) is 10.8. The molecule has 0 fully saturated rings. The van der Waals surface area contributed by atoms with Gasteiger partial charge < -0.3 is 10.6 Å². The van der Waals surface area contributed by atoms with Gasteiger partial charge in [0.1, 0.15) is 12.1 Å². The second-order valence-corrected chi connectivity index (χ2v) is 7.26. The summed E-state index contributed by atoms with van der Waals surface area (Å²) in [7, 11) is 0. The number of aldehydes is 1. The molecule has 0 saturated heterocycles. The molecule has 30 heavy (non-hydrogen) atoms. The van der Waals surface area contributed by atoms with Gasteiger partial charge >= 0.3 is 6.18 Å². The summed E-state index contributed by atoms with van der Waals surface area (Å²) < 4.78 is 54.0. The minimum atomic E-state index is -4.57. The third-order valence-electron chi connectivity index (χ3n) is 4.70. The monoisotopic (exact) mass is 442 g/mol. The molecule has 2 rings (SSSR count). The van der Waals surface area contributed by atoms with Gasteiger partial charge in [0.15, 0.2) is 0 Å². The number of nitrogens with one attached hydrogen (secondary N) is 2. The second kappa shape index (κ2) is 10.5. The third-order valence-corrected chi connectivity index (χ3v) is 5.09. The van der Waals surface area contributed by atoms with Crippen LogP contribution in [0.4, 0.5) is 17.6 Å². The minimum absolute atomic E-state index is 0.0471. The molecule has 0 unspecified atom stereocenters. The van der Waals surface area contributed by atoms with Crippen molar-refractivity contribution in [3.8, 4) is 0 Å². The Kier molecular flexibility index (Phi) is 8.29. The molecule has 162 valence electrons. The highest BCUT2D eigenvalue weighted by molar-refractivity contribution is 6.32. The van der Waals surface area contributed by atoms with Gasteiger partial charge in [-0.2, -0.15) is 13.2 Å². The van der Waals surface area contributed by atoms with Crippen molar-refractivity contribution in [3.05, 3.63) is 82.0 Å². The molecule has 2 N–H and O–H groups in total. The van der Waals surface area contributed by atoms with Crippen LogP contribution in [0.1, 0.15) is 25.7 Å². The van der Waals surface area contributed by atoms with Gasteiger partial charge in [-0.15, -0.1) is 0 Å². The van der Waals surface area contributed by atoms with Gasteiger partial charge in [0.05, 0.1) is 11.4 Å². The van der Waals surface area contributed by atoms with E-state index in [9.17, 15) is 22.4 Å². The number of hydrogen-bond acceptors (Lipinski definition) is 3. The SMILES string of the molecule is C=C(NCCC1=C(F)C=CCC=C1Cl)NCC(=C)C1=C(C(F)(F)F)C=C(C=O)CC1. The number of hydrogen-bond donors (Lipinski definition) is 2. The number of allylic oxidation sites excluding steroid dienone is 8. The standard InChI is InChI=1S/C22H23ClF4N2O/c1-14(17-8-7-16(13-30)11-19(17)22(25,26)27)12-29-15(2)28-10-9-18-20(23)5-3-4-6-21(18)24/h4-6,11,13,28-29H,1-3,7-10,12H2. The first-order valence-corrected chi connectivity index (χ1v) is 9.73. The molecule has 3 nitrogen and oxygen atoms in total. The maximum absolute atomic E-state index is 14.0. The molecule has 0 radical (unpaired) electrons. The zero-order valence-corrected chi connectivity index (χ0v) is 17.1. The van der Waals surface area contributed by atoms with Crippen LogP contribution < -0.4 is 10.6 Å². The van der Waals surface area contributed by atoms with Crippen molar-refractivity contribution < 1.29 is 22.4 Å². The highest BCUT2D eigenvalue weighted by atomic mass is 35.5. The second-order valence-electron chi connectivity index (χ2n) is 6.86. The van der Waals surface area contributed by atoms with Gasteiger partial charge in [-0.3, -0.25) is 4.79 Å². The largest absolute Gasteiger partial charge is 0.416 e. The lowest BCUT2D eigenvalue weighted by molar-refractivity contribution is -0.105. The van der Waals surface area contributed by atoms with Crippen molar-refractivity contribution >= 4 is 17.9 Å². The van der Waals surface area contributed by atoms with E-state index < -0.39 is 17.6 Å². The molecule has 0 bridgehead atoms. The van der Waals surface area contributed by atoms with Crippen molar-refractivity contribution in [3.63, 3.8) is 0 Å². The highest BCUT2D eigenvalue weighted by Crippen LogP contribution is 2.37. The maximum Gasteiger partial charge on any atom is 0.416 e. The van der Waals surface area contributed by atoms with E-state index in [-0.39, 0.29) is 36.1 Å². The predicted molar refractivity (Wildman–Crippen MR) is 111 cm³/mol. The highest BCUT2D eigenvalue weighted by Gasteiger charge is 2.36. The van der Waals surface area contributed by atoms with Crippen LogP contribution in [0.3, 0.4) is 0 Å². The molecule has 0 aromatic heterocycles. The van der Waals surface area contributed by atoms with Crippen LogP contribution in [0.5, 0.6) is 0 Å². The Morgan fingerprint density at radius 2 is 1.97 bits per heavy atom. The molecule has 0 aliphatic heterocycles. The maximum atomic E-state index is 14.0. The van der Waals surface area contributed by atoms with E-state index in [1.165, 1.54) is 6.08 Å². The summed E-state index contributed by atoms with van der Waals surface area (Å²) in [6.45, 7) is 7.91. The first kappa shape index (κ1) is 23.7.